The van der Waals surface area contributed by atoms with Crippen LogP contribution in [-0.2, 0) is 16.6 Å². The maximum Gasteiger partial charge on any atom is 0.471 e. The van der Waals surface area contributed by atoms with E-state index in [0.29, 0.717) is 0 Å². The molecule has 0 bridgehead atoms. The van der Waals surface area contributed by atoms with Crippen molar-refractivity contribution in [3.63, 3.8) is 0 Å². The lowest BCUT2D eigenvalue weighted by Crippen LogP contribution is -2.58. The van der Waals surface area contributed by atoms with Crippen molar-refractivity contribution in [2.75, 3.05) is 31.6 Å². The van der Waals surface area contributed by atoms with Gasteiger partial charge in [-0.3, -0.25) is 14.2 Å². The average molecular weight is 411 g/mol. The normalized spacial score (nSPS) is 17.8. The Kier molecular flexibility index (Phi) is 6.03. The molecule has 150 valence electrons. The Morgan fingerprint density at radius 2 is 1.96 bits per heavy atom. The van der Waals surface area contributed by atoms with Crippen molar-refractivity contribution in [1.29, 1.82) is 0 Å². The van der Waals surface area contributed by atoms with Crippen molar-refractivity contribution in [2.45, 2.75) is 25.6 Å². The Hall–Kier alpha value is -2.30. The van der Waals surface area contributed by atoms with Gasteiger partial charge in [-0.25, -0.2) is 9.78 Å². The van der Waals surface area contributed by atoms with Gasteiger partial charge in [-0.2, -0.15) is 13.2 Å². The zero-order valence-corrected chi connectivity index (χ0v) is 15.6. The van der Waals surface area contributed by atoms with E-state index in [2.05, 4.69) is 9.72 Å². The lowest BCUT2D eigenvalue weighted by molar-refractivity contribution is -0.188. The molecule has 0 N–H and O–H groups in total. The van der Waals surface area contributed by atoms with Crippen molar-refractivity contribution in [3.05, 3.63) is 21.2 Å². The number of amides is 1. The van der Waals surface area contributed by atoms with Crippen LogP contribution < -0.4 is 10.5 Å². The molecule has 1 saturated heterocycles. The minimum Gasteiger partial charge on any atom is -0.464 e. The van der Waals surface area contributed by atoms with Crippen molar-refractivity contribution in [3.8, 4) is 0 Å². The zero-order chi connectivity index (χ0) is 20.5. The topological polar surface area (TPSA) is 84.7 Å². The summed E-state index contributed by atoms with van der Waals surface area (Å²) < 4.78 is 43.9. The fourth-order valence-electron chi connectivity index (χ4n) is 2.99. The molecule has 1 aromatic rings. The maximum atomic E-state index is 12.8. The summed E-state index contributed by atoms with van der Waals surface area (Å²) in [6, 6.07) is -0.723. The summed E-state index contributed by atoms with van der Waals surface area (Å²) >= 11 is 6.12. The molecular weight excluding hydrogens is 393 g/mol. The van der Waals surface area contributed by atoms with Crippen molar-refractivity contribution in [2.24, 2.45) is 7.05 Å². The number of aromatic nitrogens is 2. The van der Waals surface area contributed by atoms with Gasteiger partial charge in [0.25, 0.3) is 5.56 Å². The van der Waals surface area contributed by atoms with Gasteiger partial charge < -0.3 is 14.5 Å². The lowest BCUT2D eigenvalue weighted by atomic mass is 10.1. The number of piperazine rings is 1. The van der Waals surface area contributed by atoms with E-state index in [4.69, 9.17) is 11.6 Å². The zero-order valence-electron chi connectivity index (χ0n) is 14.8. The van der Waals surface area contributed by atoms with E-state index in [1.807, 2.05) is 0 Å². The fraction of sp³-hybridized carbons (Fsp3) is 0.600. The number of rotatable bonds is 3. The van der Waals surface area contributed by atoms with Crippen LogP contribution in [0.5, 0.6) is 0 Å². The van der Waals surface area contributed by atoms with Crippen LogP contribution in [0, 0.1) is 0 Å². The molecule has 2 heterocycles. The molecule has 0 radical (unpaired) electrons. The third-order valence-corrected chi connectivity index (χ3v) is 4.61. The van der Waals surface area contributed by atoms with Gasteiger partial charge in [0.2, 0.25) is 5.69 Å². The monoisotopic (exact) mass is 410 g/mol. The van der Waals surface area contributed by atoms with Crippen LogP contribution in [-0.4, -0.2) is 65.3 Å². The molecule has 0 aliphatic carbocycles. The highest BCUT2D eigenvalue weighted by Crippen LogP contribution is 2.28. The highest BCUT2D eigenvalue weighted by atomic mass is 35.5. The Morgan fingerprint density at radius 3 is 2.48 bits per heavy atom. The van der Waals surface area contributed by atoms with Crippen molar-refractivity contribution < 1.29 is 27.5 Å². The number of hydrogen-bond donors (Lipinski definition) is 0. The number of halogens is 4. The molecule has 1 fully saturated rings. The molecular formula is C15H18ClF3N4O4. The second-order valence-corrected chi connectivity index (χ2v) is 6.29. The predicted octanol–water partition coefficient (Wildman–Crippen LogP) is 1.21. The summed E-state index contributed by atoms with van der Waals surface area (Å²) in [4.78, 5) is 41.7. The second-order valence-electron chi connectivity index (χ2n) is 5.93. The van der Waals surface area contributed by atoms with Crippen LogP contribution in [0.3, 0.4) is 0 Å². The molecule has 1 atom stereocenters. The number of alkyl halides is 3. The predicted molar refractivity (Wildman–Crippen MR) is 89.9 cm³/mol. The third kappa shape index (κ3) is 4.02. The van der Waals surface area contributed by atoms with Gasteiger partial charge in [-0.1, -0.05) is 18.5 Å². The highest BCUT2D eigenvalue weighted by molar-refractivity contribution is 6.31. The van der Waals surface area contributed by atoms with Crippen LogP contribution >= 0.6 is 11.6 Å². The van der Waals surface area contributed by atoms with Crippen molar-refractivity contribution in [1.82, 2.24) is 14.5 Å². The summed E-state index contributed by atoms with van der Waals surface area (Å²) in [6.07, 6.45) is -4.68. The summed E-state index contributed by atoms with van der Waals surface area (Å²) in [5, 5.41) is -0.164. The molecule has 1 aliphatic heterocycles. The number of ether oxygens (including phenoxy) is 1. The molecule has 0 saturated carbocycles. The van der Waals surface area contributed by atoms with Gasteiger partial charge in [0.05, 0.1) is 7.11 Å². The fourth-order valence-corrected chi connectivity index (χ4v) is 3.32. The van der Waals surface area contributed by atoms with Gasteiger partial charge in [0.1, 0.15) is 5.82 Å². The Balaban J connectivity index is 2.36. The number of esters is 1. The van der Waals surface area contributed by atoms with E-state index in [-0.39, 0.29) is 37.0 Å². The number of nitrogens with zero attached hydrogens (tertiary/aromatic N) is 4. The first-order valence-corrected chi connectivity index (χ1v) is 8.38. The summed E-state index contributed by atoms with van der Waals surface area (Å²) in [6.45, 7) is 1.51. The van der Waals surface area contributed by atoms with Gasteiger partial charge in [0, 0.05) is 32.7 Å². The minimum atomic E-state index is -4.95. The van der Waals surface area contributed by atoms with Gasteiger partial charge in [-0.05, 0) is 6.42 Å². The van der Waals surface area contributed by atoms with Gasteiger partial charge in [-0.15, -0.1) is 0 Å². The van der Waals surface area contributed by atoms with Crippen LogP contribution in [0.2, 0.25) is 5.15 Å². The quantitative estimate of drug-likeness (QED) is 0.696. The first-order chi connectivity index (χ1) is 12.5. The largest absolute Gasteiger partial charge is 0.471 e. The lowest BCUT2D eigenvalue weighted by Gasteiger charge is -2.42. The Labute approximate surface area is 157 Å². The molecule has 0 spiro atoms. The molecule has 27 heavy (non-hydrogen) atoms. The van der Waals surface area contributed by atoms with Crippen molar-refractivity contribution >= 4 is 29.3 Å². The van der Waals surface area contributed by atoms with Gasteiger partial charge >= 0.3 is 18.1 Å². The van der Waals surface area contributed by atoms with Gasteiger partial charge in [0.15, 0.2) is 5.15 Å². The summed E-state index contributed by atoms with van der Waals surface area (Å²) in [7, 11) is 2.46. The molecule has 2 rings (SSSR count). The minimum absolute atomic E-state index is 0.0184. The average Bonchev–Trinajstić information content (AvgIpc) is 2.62. The van der Waals surface area contributed by atoms with E-state index >= 15 is 0 Å². The van der Waals surface area contributed by atoms with E-state index in [1.165, 1.54) is 7.05 Å². The summed E-state index contributed by atoms with van der Waals surface area (Å²) in [5.41, 5.74) is -1.24. The van der Waals surface area contributed by atoms with Crippen LogP contribution in [0.25, 0.3) is 0 Å². The third-order valence-electron chi connectivity index (χ3n) is 4.36. The van der Waals surface area contributed by atoms with Crippen LogP contribution in [0.4, 0.5) is 19.0 Å². The SMILES string of the molecule is CC[C@H]1CN(c2c(Cl)nc(C(=O)OC)c(=O)n2C)CCN1C(=O)C(F)(F)F. The second kappa shape index (κ2) is 7.75. The number of carbonyl (C=O) groups is 2. The Morgan fingerprint density at radius 1 is 1.33 bits per heavy atom. The maximum absolute atomic E-state index is 12.8. The van der Waals surface area contributed by atoms with E-state index in [0.717, 1.165) is 16.6 Å². The smallest absolute Gasteiger partial charge is 0.464 e. The highest BCUT2D eigenvalue weighted by Gasteiger charge is 2.46. The van der Waals surface area contributed by atoms with E-state index in [1.54, 1.807) is 11.8 Å². The first-order valence-electron chi connectivity index (χ1n) is 8.00. The molecule has 0 aromatic carbocycles. The number of hydrogen-bond acceptors (Lipinski definition) is 6. The molecule has 1 aromatic heterocycles. The molecule has 8 nitrogen and oxygen atoms in total. The van der Waals surface area contributed by atoms with E-state index < -0.39 is 35.3 Å². The van der Waals surface area contributed by atoms with Crippen LogP contribution in [0.15, 0.2) is 4.79 Å². The summed E-state index contributed by atoms with van der Waals surface area (Å²) in [5.74, 6) is -2.68. The first kappa shape index (κ1) is 21.0. The Bertz CT molecular complexity index is 811. The molecule has 1 aliphatic rings. The molecule has 1 amide bonds. The number of carbonyl (C=O) groups excluding carboxylic acids is 2. The van der Waals surface area contributed by atoms with Crippen LogP contribution in [0.1, 0.15) is 23.8 Å². The molecule has 0 unspecified atom stereocenters. The molecule has 12 heteroatoms. The number of methoxy groups -OCH3 is 1. The standard InChI is InChI=1S/C15H18ClF3N4O4/c1-4-8-7-22(5-6-23(8)14(26)15(17,18)19)11-10(16)20-9(13(25)27-3)12(24)21(11)2/h8H,4-7H2,1-3H3/t8-/m0/s1. The van der Waals surface area contributed by atoms with E-state index in [9.17, 15) is 27.6 Å². The number of anilines is 1.